The lowest BCUT2D eigenvalue weighted by Gasteiger charge is -2.30. The van der Waals surface area contributed by atoms with E-state index in [-0.39, 0.29) is 12.5 Å². The molecular formula is C8H16N2OS. The molecule has 0 spiro atoms. The minimum atomic E-state index is 0.0922. The quantitative estimate of drug-likeness (QED) is 0.678. The van der Waals surface area contributed by atoms with Crippen LogP contribution < -0.4 is 5.73 Å². The van der Waals surface area contributed by atoms with Crippen molar-refractivity contribution in [2.75, 3.05) is 25.9 Å². The maximum atomic E-state index is 11.2. The number of piperidine rings is 1. The number of thioether (sulfide) groups is 1. The van der Waals surface area contributed by atoms with Crippen LogP contribution >= 0.6 is 11.8 Å². The van der Waals surface area contributed by atoms with E-state index in [0.717, 1.165) is 31.2 Å². The Kier molecular flexibility index (Phi) is 3.88. The Labute approximate surface area is 77.7 Å². The molecule has 0 radical (unpaired) electrons. The van der Waals surface area contributed by atoms with Crippen molar-refractivity contribution in [1.29, 1.82) is 0 Å². The van der Waals surface area contributed by atoms with Crippen molar-refractivity contribution >= 4 is 17.7 Å². The lowest BCUT2D eigenvalue weighted by molar-refractivity contribution is -0.130. The van der Waals surface area contributed by atoms with Crippen molar-refractivity contribution in [2.45, 2.75) is 18.1 Å². The Morgan fingerprint density at radius 2 is 2.17 bits per heavy atom. The molecular weight excluding hydrogens is 172 g/mol. The summed E-state index contributed by atoms with van der Waals surface area (Å²) in [4.78, 5) is 13.0. The van der Waals surface area contributed by atoms with Crippen molar-refractivity contribution in [3.05, 3.63) is 0 Å². The van der Waals surface area contributed by atoms with Gasteiger partial charge in [0.2, 0.25) is 5.91 Å². The van der Waals surface area contributed by atoms with Crippen molar-refractivity contribution < 1.29 is 4.79 Å². The summed E-state index contributed by atoms with van der Waals surface area (Å²) < 4.78 is 0. The van der Waals surface area contributed by atoms with Crippen LogP contribution in [-0.4, -0.2) is 41.9 Å². The van der Waals surface area contributed by atoms with E-state index in [1.54, 1.807) is 0 Å². The summed E-state index contributed by atoms with van der Waals surface area (Å²) >= 11 is 1.90. The standard InChI is InChI=1S/C8H16N2OS/c1-12-7-2-4-10(5-3-7)8(11)6-9/h7H,2-6,9H2,1H3. The molecule has 3 nitrogen and oxygen atoms in total. The molecule has 1 amide bonds. The van der Waals surface area contributed by atoms with Crippen LogP contribution in [0.3, 0.4) is 0 Å². The highest BCUT2D eigenvalue weighted by atomic mass is 32.2. The van der Waals surface area contributed by atoms with E-state index >= 15 is 0 Å². The van der Waals surface area contributed by atoms with Crippen LogP contribution in [0.4, 0.5) is 0 Å². The van der Waals surface area contributed by atoms with Crippen LogP contribution in [0.2, 0.25) is 0 Å². The summed E-state index contributed by atoms with van der Waals surface area (Å²) in [5.74, 6) is 0.0922. The molecule has 1 aliphatic rings. The number of nitrogens with two attached hydrogens (primary N) is 1. The molecule has 1 aliphatic heterocycles. The number of rotatable bonds is 2. The molecule has 12 heavy (non-hydrogen) atoms. The molecule has 0 bridgehead atoms. The van der Waals surface area contributed by atoms with Gasteiger partial charge in [0.25, 0.3) is 0 Å². The summed E-state index contributed by atoms with van der Waals surface area (Å²) in [6.45, 7) is 1.94. The molecule has 70 valence electrons. The Bertz CT molecular complexity index is 155. The molecule has 0 aromatic carbocycles. The number of carbonyl (C=O) groups excluding carboxylic acids is 1. The average molecular weight is 188 g/mol. The average Bonchev–Trinajstić information content (AvgIpc) is 2.17. The van der Waals surface area contributed by atoms with Gasteiger partial charge in [-0.05, 0) is 19.1 Å². The molecule has 1 fully saturated rings. The van der Waals surface area contributed by atoms with Crippen LogP contribution in [0.25, 0.3) is 0 Å². The van der Waals surface area contributed by atoms with E-state index < -0.39 is 0 Å². The molecule has 1 rings (SSSR count). The number of carbonyl (C=O) groups is 1. The van der Waals surface area contributed by atoms with Gasteiger partial charge in [0.1, 0.15) is 0 Å². The summed E-state index contributed by atoms with van der Waals surface area (Å²) in [5, 5.41) is 0.742. The summed E-state index contributed by atoms with van der Waals surface area (Å²) in [7, 11) is 0. The monoisotopic (exact) mass is 188 g/mol. The maximum Gasteiger partial charge on any atom is 0.236 e. The number of hydrogen-bond acceptors (Lipinski definition) is 3. The Morgan fingerprint density at radius 1 is 1.58 bits per heavy atom. The van der Waals surface area contributed by atoms with Crippen LogP contribution in [0.5, 0.6) is 0 Å². The highest BCUT2D eigenvalue weighted by Crippen LogP contribution is 2.20. The topological polar surface area (TPSA) is 46.3 Å². The first-order valence-electron chi connectivity index (χ1n) is 4.28. The van der Waals surface area contributed by atoms with E-state index in [2.05, 4.69) is 6.26 Å². The second-order valence-corrected chi connectivity index (χ2v) is 4.16. The second kappa shape index (κ2) is 4.72. The van der Waals surface area contributed by atoms with Gasteiger partial charge in [-0.3, -0.25) is 4.79 Å². The van der Waals surface area contributed by atoms with Gasteiger partial charge in [0.15, 0.2) is 0 Å². The molecule has 2 N–H and O–H groups in total. The fourth-order valence-electron chi connectivity index (χ4n) is 1.47. The van der Waals surface area contributed by atoms with Crippen LogP contribution in [0, 0.1) is 0 Å². The first kappa shape index (κ1) is 9.86. The molecule has 0 aromatic heterocycles. The number of likely N-dealkylation sites (tertiary alicyclic amines) is 1. The number of amides is 1. The van der Waals surface area contributed by atoms with Gasteiger partial charge in [-0.2, -0.15) is 11.8 Å². The third-order valence-corrected chi connectivity index (χ3v) is 3.44. The Hall–Kier alpha value is -0.220. The summed E-state index contributed by atoms with van der Waals surface area (Å²) in [6, 6.07) is 0. The van der Waals surface area contributed by atoms with Gasteiger partial charge >= 0.3 is 0 Å². The molecule has 0 aromatic rings. The van der Waals surface area contributed by atoms with E-state index in [1.807, 2.05) is 16.7 Å². The van der Waals surface area contributed by atoms with E-state index in [4.69, 9.17) is 5.73 Å². The first-order valence-corrected chi connectivity index (χ1v) is 5.57. The molecule has 0 saturated carbocycles. The molecule has 1 saturated heterocycles. The van der Waals surface area contributed by atoms with Crippen LogP contribution in [-0.2, 0) is 4.79 Å². The van der Waals surface area contributed by atoms with Gasteiger partial charge in [0.05, 0.1) is 6.54 Å². The van der Waals surface area contributed by atoms with Crippen molar-refractivity contribution in [1.82, 2.24) is 4.90 Å². The van der Waals surface area contributed by atoms with Gasteiger partial charge in [-0.25, -0.2) is 0 Å². The zero-order chi connectivity index (χ0) is 8.97. The van der Waals surface area contributed by atoms with E-state index in [0.29, 0.717) is 0 Å². The zero-order valence-corrected chi connectivity index (χ0v) is 8.27. The second-order valence-electron chi connectivity index (χ2n) is 3.02. The largest absolute Gasteiger partial charge is 0.342 e. The highest BCUT2D eigenvalue weighted by molar-refractivity contribution is 7.99. The smallest absolute Gasteiger partial charge is 0.236 e. The molecule has 4 heteroatoms. The fourth-order valence-corrected chi connectivity index (χ4v) is 2.15. The third-order valence-electron chi connectivity index (χ3n) is 2.30. The third kappa shape index (κ3) is 2.38. The molecule has 0 unspecified atom stereocenters. The van der Waals surface area contributed by atoms with Crippen LogP contribution in [0.1, 0.15) is 12.8 Å². The lowest BCUT2D eigenvalue weighted by atomic mass is 10.1. The van der Waals surface area contributed by atoms with Gasteiger partial charge in [-0.1, -0.05) is 0 Å². The van der Waals surface area contributed by atoms with E-state index in [1.165, 1.54) is 0 Å². The van der Waals surface area contributed by atoms with Crippen LogP contribution in [0.15, 0.2) is 0 Å². The Balaban J connectivity index is 2.30. The minimum absolute atomic E-state index is 0.0922. The van der Waals surface area contributed by atoms with Gasteiger partial charge in [0, 0.05) is 18.3 Å². The van der Waals surface area contributed by atoms with E-state index in [9.17, 15) is 4.79 Å². The normalized spacial score (nSPS) is 19.7. The van der Waals surface area contributed by atoms with Crippen molar-refractivity contribution in [3.8, 4) is 0 Å². The van der Waals surface area contributed by atoms with Crippen molar-refractivity contribution in [2.24, 2.45) is 5.73 Å². The molecule has 0 atom stereocenters. The van der Waals surface area contributed by atoms with Crippen molar-refractivity contribution in [3.63, 3.8) is 0 Å². The predicted molar refractivity (Wildman–Crippen MR) is 52.2 cm³/mol. The minimum Gasteiger partial charge on any atom is -0.342 e. The molecule has 0 aliphatic carbocycles. The molecule has 1 heterocycles. The summed E-state index contributed by atoms with van der Waals surface area (Å²) in [6.07, 6.45) is 4.37. The Morgan fingerprint density at radius 3 is 2.58 bits per heavy atom. The van der Waals surface area contributed by atoms with Gasteiger partial charge in [-0.15, -0.1) is 0 Å². The number of hydrogen-bond donors (Lipinski definition) is 1. The first-order chi connectivity index (χ1) is 5.77. The SMILES string of the molecule is CSC1CCN(C(=O)CN)CC1. The maximum absolute atomic E-state index is 11.2. The number of nitrogens with zero attached hydrogens (tertiary/aromatic N) is 1. The lowest BCUT2D eigenvalue weighted by Crippen LogP contribution is -2.42. The zero-order valence-electron chi connectivity index (χ0n) is 7.45. The van der Waals surface area contributed by atoms with Gasteiger partial charge < -0.3 is 10.6 Å². The summed E-state index contributed by atoms with van der Waals surface area (Å²) in [5.41, 5.74) is 5.27. The predicted octanol–water partition coefficient (Wildman–Crippen LogP) is 0.299. The fraction of sp³-hybridized carbons (Fsp3) is 0.875. The highest BCUT2D eigenvalue weighted by Gasteiger charge is 2.20.